The molecule has 1 aliphatic heterocycles. The van der Waals surface area contributed by atoms with Crippen LogP contribution in [0, 0.1) is 12.8 Å². The molecule has 0 bridgehead atoms. The number of benzene rings is 1. The number of aliphatic hydroxyl groups is 1. The zero-order valence-electron chi connectivity index (χ0n) is 11.7. The SMILES string of the molecule is Cc1c(Cl)cccc1NC(=O)CN1CCC(CO)CC1. The molecular formula is C15H21ClN2O2. The molecule has 1 heterocycles. The highest BCUT2D eigenvalue weighted by Gasteiger charge is 2.20. The van der Waals surface area contributed by atoms with Gasteiger partial charge >= 0.3 is 0 Å². The maximum absolute atomic E-state index is 12.1. The predicted octanol–water partition coefficient (Wildman–Crippen LogP) is 2.29. The molecular weight excluding hydrogens is 276 g/mol. The number of rotatable bonds is 4. The Morgan fingerprint density at radius 1 is 1.45 bits per heavy atom. The average Bonchev–Trinajstić information content (AvgIpc) is 2.45. The van der Waals surface area contributed by atoms with E-state index in [0.29, 0.717) is 17.5 Å². The monoisotopic (exact) mass is 296 g/mol. The van der Waals surface area contributed by atoms with Crippen LogP contribution < -0.4 is 5.32 Å². The van der Waals surface area contributed by atoms with Gasteiger partial charge in [0.05, 0.1) is 6.54 Å². The molecule has 2 rings (SSSR count). The minimum Gasteiger partial charge on any atom is -0.396 e. The van der Waals surface area contributed by atoms with Gasteiger partial charge in [0.1, 0.15) is 0 Å². The van der Waals surface area contributed by atoms with Crippen LogP contribution in [-0.2, 0) is 4.79 Å². The summed E-state index contributed by atoms with van der Waals surface area (Å²) in [5.74, 6) is 0.377. The third-order valence-electron chi connectivity index (χ3n) is 3.87. The molecule has 2 N–H and O–H groups in total. The summed E-state index contributed by atoms with van der Waals surface area (Å²) < 4.78 is 0. The lowest BCUT2D eigenvalue weighted by Gasteiger charge is -2.30. The number of piperidine rings is 1. The van der Waals surface area contributed by atoms with Crippen molar-refractivity contribution in [3.63, 3.8) is 0 Å². The van der Waals surface area contributed by atoms with Gasteiger partial charge in [-0.15, -0.1) is 0 Å². The number of nitrogens with one attached hydrogen (secondary N) is 1. The average molecular weight is 297 g/mol. The number of likely N-dealkylation sites (tertiary alicyclic amines) is 1. The number of aliphatic hydroxyl groups excluding tert-OH is 1. The molecule has 5 heteroatoms. The van der Waals surface area contributed by atoms with E-state index in [1.54, 1.807) is 0 Å². The molecule has 4 nitrogen and oxygen atoms in total. The van der Waals surface area contributed by atoms with Gasteiger partial charge in [-0.1, -0.05) is 17.7 Å². The second-order valence-electron chi connectivity index (χ2n) is 5.36. The highest BCUT2D eigenvalue weighted by atomic mass is 35.5. The lowest BCUT2D eigenvalue weighted by molar-refractivity contribution is -0.117. The van der Waals surface area contributed by atoms with Crippen molar-refractivity contribution in [2.45, 2.75) is 19.8 Å². The number of halogens is 1. The summed E-state index contributed by atoms with van der Waals surface area (Å²) in [6, 6.07) is 5.50. The standard InChI is InChI=1S/C15H21ClN2O2/c1-11-13(16)3-2-4-14(11)17-15(20)9-18-7-5-12(10-19)6-8-18/h2-4,12,19H,5-10H2,1H3,(H,17,20). The van der Waals surface area contributed by atoms with Gasteiger partial charge in [0.25, 0.3) is 0 Å². The van der Waals surface area contributed by atoms with Crippen LogP contribution in [0.4, 0.5) is 5.69 Å². The van der Waals surface area contributed by atoms with Gasteiger partial charge in [0.2, 0.25) is 5.91 Å². The Labute approximate surface area is 124 Å². The molecule has 0 atom stereocenters. The van der Waals surface area contributed by atoms with E-state index in [2.05, 4.69) is 10.2 Å². The van der Waals surface area contributed by atoms with Crippen LogP contribution >= 0.6 is 11.6 Å². The van der Waals surface area contributed by atoms with Crippen molar-refractivity contribution in [3.8, 4) is 0 Å². The molecule has 0 aromatic heterocycles. The molecule has 0 radical (unpaired) electrons. The molecule has 110 valence electrons. The van der Waals surface area contributed by atoms with E-state index in [4.69, 9.17) is 16.7 Å². The highest BCUT2D eigenvalue weighted by molar-refractivity contribution is 6.31. The Morgan fingerprint density at radius 3 is 2.80 bits per heavy atom. The summed E-state index contributed by atoms with van der Waals surface area (Å²) in [4.78, 5) is 14.2. The Hall–Kier alpha value is -1.10. The largest absolute Gasteiger partial charge is 0.396 e. The maximum atomic E-state index is 12.1. The van der Waals surface area contributed by atoms with Gasteiger partial charge in [0, 0.05) is 17.3 Å². The van der Waals surface area contributed by atoms with E-state index < -0.39 is 0 Å². The van der Waals surface area contributed by atoms with Crippen LogP contribution in [0.1, 0.15) is 18.4 Å². The first-order valence-corrected chi connectivity index (χ1v) is 7.36. The lowest BCUT2D eigenvalue weighted by atomic mass is 9.98. The Bertz CT molecular complexity index is 471. The van der Waals surface area contributed by atoms with Crippen molar-refractivity contribution in [1.29, 1.82) is 0 Å². The number of anilines is 1. The summed E-state index contributed by atoms with van der Waals surface area (Å²) in [5.41, 5.74) is 1.66. The van der Waals surface area contributed by atoms with Crippen molar-refractivity contribution in [1.82, 2.24) is 4.90 Å². The van der Waals surface area contributed by atoms with E-state index in [1.807, 2.05) is 25.1 Å². The zero-order chi connectivity index (χ0) is 14.5. The van der Waals surface area contributed by atoms with Crippen molar-refractivity contribution in [2.75, 3.05) is 31.6 Å². The lowest BCUT2D eigenvalue weighted by Crippen LogP contribution is -2.39. The quantitative estimate of drug-likeness (QED) is 0.896. The summed E-state index contributed by atoms with van der Waals surface area (Å²) in [6.45, 7) is 4.27. The molecule has 0 aliphatic carbocycles. The van der Waals surface area contributed by atoms with Gasteiger partial charge in [-0.25, -0.2) is 0 Å². The second kappa shape index (κ2) is 7.07. The third-order valence-corrected chi connectivity index (χ3v) is 4.28. The van der Waals surface area contributed by atoms with E-state index >= 15 is 0 Å². The maximum Gasteiger partial charge on any atom is 0.238 e. The minimum atomic E-state index is -0.0159. The van der Waals surface area contributed by atoms with Crippen LogP contribution in [0.2, 0.25) is 5.02 Å². The molecule has 1 aromatic carbocycles. The third kappa shape index (κ3) is 3.95. The molecule has 1 aromatic rings. The Morgan fingerprint density at radius 2 is 2.15 bits per heavy atom. The number of hydrogen-bond acceptors (Lipinski definition) is 3. The number of hydrogen-bond donors (Lipinski definition) is 2. The summed E-state index contributed by atoms with van der Waals surface area (Å²) in [5, 5.41) is 12.7. The van der Waals surface area contributed by atoms with E-state index in [0.717, 1.165) is 37.2 Å². The van der Waals surface area contributed by atoms with E-state index in [9.17, 15) is 4.79 Å². The fourth-order valence-corrected chi connectivity index (χ4v) is 2.64. The fourth-order valence-electron chi connectivity index (χ4n) is 2.46. The Kier molecular flexibility index (Phi) is 5.40. The van der Waals surface area contributed by atoms with Crippen LogP contribution in [0.5, 0.6) is 0 Å². The van der Waals surface area contributed by atoms with Gasteiger partial charge < -0.3 is 10.4 Å². The van der Waals surface area contributed by atoms with Gasteiger partial charge in [-0.05, 0) is 56.5 Å². The number of amides is 1. The summed E-state index contributed by atoms with van der Waals surface area (Å²) >= 11 is 6.04. The smallest absolute Gasteiger partial charge is 0.238 e. The Balaban J connectivity index is 1.85. The van der Waals surface area contributed by atoms with Crippen molar-refractivity contribution in [2.24, 2.45) is 5.92 Å². The molecule has 0 saturated carbocycles. The van der Waals surface area contributed by atoms with Crippen LogP contribution in [0.25, 0.3) is 0 Å². The number of carbonyl (C=O) groups is 1. The topological polar surface area (TPSA) is 52.6 Å². The summed E-state index contributed by atoms with van der Waals surface area (Å²) in [7, 11) is 0. The molecule has 1 fully saturated rings. The first-order valence-electron chi connectivity index (χ1n) is 6.98. The van der Waals surface area contributed by atoms with Gasteiger partial charge in [0.15, 0.2) is 0 Å². The molecule has 1 aliphatic rings. The number of nitrogens with zero attached hydrogens (tertiary/aromatic N) is 1. The molecule has 1 amide bonds. The second-order valence-corrected chi connectivity index (χ2v) is 5.77. The van der Waals surface area contributed by atoms with Gasteiger partial charge in [-0.2, -0.15) is 0 Å². The molecule has 0 unspecified atom stereocenters. The van der Waals surface area contributed by atoms with Crippen LogP contribution in [0.3, 0.4) is 0 Å². The number of carbonyl (C=O) groups excluding carboxylic acids is 1. The minimum absolute atomic E-state index is 0.0159. The highest BCUT2D eigenvalue weighted by Crippen LogP contribution is 2.23. The summed E-state index contributed by atoms with van der Waals surface area (Å²) in [6.07, 6.45) is 1.92. The van der Waals surface area contributed by atoms with Crippen molar-refractivity contribution >= 4 is 23.2 Å². The van der Waals surface area contributed by atoms with E-state index in [1.165, 1.54) is 0 Å². The van der Waals surface area contributed by atoms with Crippen LogP contribution in [0.15, 0.2) is 18.2 Å². The first kappa shape index (κ1) is 15.3. The molecule has 20 heavy (non-hydrogen) atoms. The fraction of sp³-hybridized carbons (Fsp3) is 0.533. The first-order chi connectivity index (χ1) is 9.60. The van der Waals surface area contributed by atoms with E-state index in [-0.39, 0.29) is 12.5 Å². The van der Waals surface area contributed by atoms with Gasteiger partial charge in [-0.3, -0.25) is 9.69 Å². The molecule has 1 saturated heterocycles. The zero-order valence-corrected chi connectivity index (χ0v) is 12.5. The normalized spacial score (nSPS) is 17.1. The van der Waals surface area contributed by atoms with Crippen molar-refractivity contribution in [3.05, 3.63) is 28.8 Å². The molecule has 0 spiro atoms. The van der Waals surface area contributed by atoms with Crippen molar-refractivity contribution < 1.29 is 9.90 Å². The predicted molar refractivity (Wildman–Crippen MR) is 81.1 cm³/mol. The van der Waals surface area contributed by atoms with Crippen LogP contribution in [-0.4, -0.2) is 42.2 Å².